The highest BCUT2D eigenvalue weighted by Gasteiger charge is 2.38. The van der Waals surface area contributed by atoms with Gasteiger partial charge >= 0.3 is 17.8 Å². The van der Waals surface area contributed by atoms with Gasteiger partial charge in [-0.15, -0.1) is 0 Å². The van der Waals surface area contributed by atoms with Crippen LogP contribution >= 0.6 is 0 Å². The largest absolute Gasteiger partial charge is 0.396 e. The number of rotatable bonds is 14. The highest BCUT2D eigenvalue weighted by molar-refractivity contribution is 6.77. The molecule has 0 heterocycles. The Balaban J connectivity index is 4.86. The Labute approximate surface area is 153 Å². The zero-order valence-corrected chi connectivity index (χ0v) is 19.7. The molecule has 0 aliphatic rings. The molecule has 0 rings (SSSR count). The maximum Gasteiger partial charge on any atom is 0.336 e. The normalized spacial score (nSPS) is 13.2. The molecule has 0 atom stereocenters. The fourth-order valence-electron chi connectivity index (χ4n) is 1.91. The molecule has 0 aromatic rings. The first-order chi connectivity index (χ1) is 11.0. The third-order valence-corrected chi connectivity index (χ3v) is 10.2. The second-order valence-corrected chi connectivity index (χ2v) is 14.6. The van der Waals surface area contributed by atoms with Crippen LogP contribution < -0.4 is 0 Å². The van der Waals surface area contributed by atoms with Gasteiger partial charge in [0, 0.05) is 32.1 Å². The lowest BCUT2D eigenvalue weighted by atomic mass is 10.2. The van der Waals surface area contributed by atoms with E-state index < -0.39 is 17.8 Å². The molecule has 0 saturated heterocycles. The van der Waals surface area contributed by atoms with Gasteiger partial charge in [-0.05, 0) is 30.2 Å². The van der Waals surface area contributed by atoms with E-state index >= 15 is 0 Å². The van der Waals surface area contributed by atoms with E-state index in [9.17, 15) is 0 Å². The first kappa shape index (κ1) is 24.3. The molecule has 0 spiro atoms. The van der Waals surface area contributed by atoms with Crippen molar-refractivity contribution in [1.82, 2.24) is 0 Å². The first-order valence-corrected chi connectivity index (χ1v) is 13.8. The summed E-state index contributed by atoms with van der Waals surface area (Å²) in [7, 11) is -4.06. The van der Waals surface area contributed by atoms with Gasteiger partial charge < -0.3 is 17.7 Å². The standard InChI is InChI=1S/C18H42O4Si2/c1-15(2)10-19-23(20-11-16(3)4)14-24(9,21-12-17(5)6)22-13-18(7)8/h15-18,23H,10-14H2,1-9H3. The molecule has 0 fully saturated rings. The van der Waals surface area contributed by atoms with Gasteiger partial charge in [0.15, 0.2) is 0 Å². The van der Waals surface area contributed by atoms with Gasteiger partial charge in [0.2, 0.25) is 0 Å². The van der Waals surface area contributed by atoms with Crippen molar-refractivity contribution in [2.24, 2.45) is 23.7 Å². The zero-order chi connectivity index (χ0) is 18.8. The van der Waals surface area contributed by atoms with E-state index in [0.717, 1.165) is 32.1 Å². The van der Waals surface area contributed by atoms with Crippen molar-refractivity contribution in [3.8, 4) is 0 Å². The minimum absolute atomic E-state index is 0.507. The maximum atomic E-state index is 6.28. The molecule has 24 heavy (non-hydrogen) atoms. The van der Waals surface area contributed by atoms with Gasteiger partial charge in [0.1, 0.15) is 0 Å². The Morgan fingerprint density at radius 2 is 0.958 bits per heavy atom. The van der Waals surface area contributed by atoms with Crippen LogP contribution in [0.5, 0.6) is 0 Å². The molecule has 146 valence electrons. The van der Waals surface area contributed by atoms with Crippen LogP contribution in [0.25, 0.3) is 0 Å². The smallest absolute Gasteiger partial charge is 0.336 e. The fraction of sp³-hybridized carbons (Fsp3) is 1.00. The highest BCUT2D eigenvalue weighted by atomic mass is 28.4. The summed E-state index contributed by atoms with van der Waals surface area (Å²) in [4.78, 5) is 0. The Morgan fingerprint density at radius 3 is 1.25 bits per heavy atom. The Morgan fingerprint density at radius 1 is 0.625 bits per heavy atom. The molecule has 0 saturated carbocycles. The summed E-state index contributed by atoms with van der Waals surface area (Å²) in [5.74, 6) is 2.05. The third kappa shape index (κ3) is 13.6. The zero-order valence-electron chi connectivity index (χ0n) is 17.6. The van der Waals surface area contributed by atoms with E-state index in [1.54, 1.807) is 0 Å². The van der Waals surface area contributed by atoms with E-state index in [0.29, 0.717) is 23.7 Å². The van der Waals surface area contributed by atoms with Crippen LogP contribution in [0.4, 0.5) is 0 Å². The van der Waals surface area contributed by atoms with Gasteiger partial charge in [-0.3, -0.25) is 0 Å². The van der Waals surface area contributed by atoms with Crippen LogP contribution in [0, 0.1) is 23.7 Å². The first-order valence-electron chi connectivity index (χ1n) is 9.55. The van der Waals surface area contributed by atoms with Crippen LogP contribution in [-0.4, -0.2) is 44.3 Å². The van der Waals surface area contributed by atoms with Crippen LogP contribution in [-0.2, 0) is 17.7 Å². The molecular formula is C18H42O4Si2. The van der Waals surface area contributed by atoms with Crippen LogP contribution in [0.15, 0.2) is 0 Å². The van der Waals surface area contributed by atoms with Crippen molar-refractivity contribution < 1.29 is 17.7 Å². The van der Waals surface area contributed by atoms with Gasteiger partial charge in [0.25, 0.3) is 0 Å². The minimum atomic E-state index is -2.27. The number of hydrogen-bond acceptors (Lipinski definition) is 4. The Hall–Kier alpha value is 0.274. The number of hydrogen-bond donors (Lipinski definition) is 0. The summed E-state index contributed by atoms with van der Waals surface area (Å²) in [5, 5.41) is 0. The van der Waals surface area contributed by atoms with Gasteiger partial charge in [-0.1, -0.05) is 55.4 Å². The lowest BCUT2D eigenvalue weighted by molar-refractivity contribution is 0.134. The molecule has 0 unspecified atom stereocenters. The van der Waals surface area contributed by atoms with Crippen LogP contribution in [0.2, 0.25) is 12.2 Å². The average Bonchev–Trinajstić information content (AvgIpc) is 2.46. The second kappa shape index (κ2) is 12.6. The molecule has 0 radical (unpaired) electrons. The summed E-state index contributed by atoms with van der Waals surface area (Å²) in [6, 6.07) is 0. The van der Waals surface area contributed by atoms with Crippen molar-refractivity contribution in [2.45, 2.75) is 67.6 Å². The minimum Gasteiger partial charge on any atom is -0.396 e. The van der Waals surface area contributed by atoms with Crippen LogP contribution in [0.1, 0.15) is 55.4 Å². The molecule has 0 aromatic heterocycles. The predicted molar refractivity (Wildman–Crippen MR) is 107 cm³/mol. The fourth-order valence-corrected chi connectivity index (χ4v) is 8.97. The van der Waals surface area contributed by atoms with Crippen LogP contribution in [0.3, 0.4) is 0 Å². The summed E-state index contributed by atoms with van der Waals surface area (Å²) in [5.41, 5.74) is 0.853. The molecule has 0 amide bonds. The van der Waals surface area contributed by atoms with E-state index in [1.807, 2.05) is 0 Å². The van der Waals surface area contributed by atoms with E-state index in [2.05, 4.69) is 61.9 Å². The van der Waals surface area contributed by atoms with Crippen molar-refractivity contribution in [3.05, 3.63) is 0 Å². The van der Waals surface area contributed by atoms with Gasteiger partial charge in [-0.2, -0.15) is 0 Å². The SMILES string of the molecule is CC(C)CO[SiH](C[Si](C)(OCC(C)C)OCC(C)C)OCC(C)C. The topological polar surface area (TPSA) is 36.9 Å². The molecular weight excluding hydrogens is 336 g/mol. The summed E-state index contributed by atoms with van der Waals surface area (Å²) in [6.07, 6.45) is 0. The van der Waals surface area contributed by atoms with E-state index in [-0.39, 0.29) is 0 Å². The maximum absolute atomic E-state index is 6.28. The summed E-state index contributed by atoms with van der Waals surface area (Å²) < 4.78 is 24.9. The van der Waals surface area contributed by atoms with E-state index in [4.69, 9.17) is 17.7 Å². The molecule has 0 aromatic carbocycles. The van der Waals surface area contributed by atoms with Crippen molar-refractivity contribution in [2.75, 3.05) is 26.4 Å². The molecule has 0 bridgehead atoms. The van der Waals surface area contributed by atoms with E-state index in [1.165, 1.54) is 0 Å². The molecule has 6 heteroatoms. The monoisotopic (exact) mass is 378 g/mol. The summed E-state index contributed by atoms with van der Waals surface area (Å²) >= 11 is 0. The van der Waals surface area contributed by atoms with Gasteiger partial charge in [0.05, 0.1) is 0 Å². The Kier molecular flexibility index (Phi) is 12.7. The molecule has 0 aliphatic heterocycles. The quantitative estimate of drug-likeness (QED) is 0.417. The average molecular weight is 379 g/mol. The summed E-state index contributed by atoms with van der Waals surface area (Å²) in [6.45, 7) is 22.6. The van der Waals surface area contributed by atoms with Crippen molar-refractivity contribution in [3.63, 3.8) is 0 Å². The lowest BCUT2D eigenvalue weighted by Crippen LogP contribution is -2.47. The van der Waals surface area contributed by atoms with Gasteiger partial charge in [-0.25, -0.2) is 0 Å². The second-order valence-electron chi connectivity index (χ2n) is 8.63. The van der Waals surface area contributed by atoms with Crippen molar-refractivity contribution in [1.29, 1.82) is 0 Å². The van der Waals surface area contributed by atoms with Crippen molar-refractivity contribution >= 4 is 17.8 Å². The predicted octanol–water partition coefficient (Wildman–Crippen LogP) is 4.51. The Bertz CT molecular complexity index is 285. The third-order valence-electron chi connectivity index (χ3n) is 3.21. The highest BCUT2D eigenvalue weighted by Crippen LogP contribution is 2.20. The molecule has 4 nitrogen and oxygen atoms in total. The lowest BCUT2D eigenvalue weighted by Gasteiger charge is -2.31. The molecule has 0 N–H and O–H groups in total. The molecule has 0 aliphatic carbocycles.